The predicted octanol–water partition coefficient (Wildman–Crippen LogP) is 4.77. The van der Waals surface area contributed by atoms with Crippen LogP contribution in [-0.4, -0.2) is 108 Å². The summed E-state index contributed by atoms with van der Waals surface area (Å²) in [6, 6.07) is 0. The Bertz CT molecular complexity index is 1060. The number of aliphatic hydroxyl groups excluding tert-OH is 2. The minimum absolute atomic E-state index is 0.0281. The average molecular weight is 687 g/mol. The lowest BCUT2D eigenvalue weighted by Crippen LogP contribution is -2.57. The third-order valence-electron chi connectivity index (χ3n) is 13.2. The van der Waals surface area contributed by atoms with Gasteiger partial charge in [-0.15, -0.1) is 0 Å². The van der Waals surface area contributed by atoms with Gasteiger partial charge in [-0.1, -0.05) is 48.5 Å². The van der Waals surface area contributed by atoms with Gasteiger partial charge in [-0.05, 0) is 57.3 Å². The van der Waals surface area contributed by atoms with Gasteiger partial charge >= 0.3 is 0 Å². The number of rotatable bonds is 12. The maximum atomic E-state index is 11.4. The molecule has 5 rings (SSSR count). The normalized spacial score (nSPS) is 50.2. The number of hydrogen-bond donors (Lipinski definition) is 3. The monoisotopic (exact) mass is 686 g/mol. The standard InChI is InChI=1S/C37H66O11/c1-11-35(33-22(3)17-28(44-33)31-21(2)16-24(5)37(40,20-38)47-31)13-12-29(45-35)34(8)14-15-36(48-34)18-27(39)25(6)32(46-36)26(7)30(41-9)23(4)19-43-42-10/h21-33,38-40H,11-20H2,1-10H3/t21-,22-,23+,24+,25?,26-,27-,28+,29+,30-,31-,32-,33+,34-,35-,36+,37-/m0/s1. The number of ether oxygens (including phenoxy) is 6. The van der Waals surface area contributed by atoms with Gasteiger partial charge in [-0.3, -0.25) is 0 Å². The summed E-state index contributed by atoms with van der Waals surface area (Å²) in [6.45, 7) is 16.8. The minimum atomic E-state index is -1.55. The summed E-state index contributed by atoms with van der Waals surface area (Å²) in [7, 11) is 3.21. The molecule has 3 N–H and O–H groups in total. The van der Waals surface area contributed by atoms with Crippen LogP contribution in [0.1, 0.15) is 107 Å². The van der Waals surface area contributed by atoms with Crippen LogP contribution >= 0.6 is 0 Å². The van der Waals surface area contributed by atoms with Gasteiger partial charge in [0.25, 0.3) is 0 Å². The van der Waals surface area contributed by atoms with E-state index in [9.17, 15) is 15.3 Å². The van der Waals surface area contributed by atoms with Crippen LogP contribution in [-0.2, 0) is 38.2 Å². The lowest BCUT2D eigenvalue weighted by Gasteiger charge is -2.49. The minimum Gasteiger partial charge on any atom is -0.393 e. The Hall–Kier alpha value is -0.440. The van der Waals surface area contributed by atoms with Crippen molar-refractivity contribution in [3.8, 4) is 0 Å². The maximum absolute atomic E-state index is 11.4. The molecule has 11 heteroatoms. The first-order valence-corrected chi connectivity index (χ1v) is 18.7. The Balaban J connectivity index is 1.27. The number of methoxy groups -OCH3 is 1. The summed E-state index contributed by atoms with van der Waals surface area (Å²) in [4.78, 5) is 10.1. The summed E-state index contributed by atoms with van der Waals surface area (Å²) < 4.78 is 40.0. The highest BCUT2D eigenvalue weighted by Crippen LogP contribution is 2.55. The molecule has 280 valence electrons. The molecule has 5 saturated heterocycles. The Labute approximate surface area is 288 Å². The molecule has 0 bridgehead atoms. The van der Waals surface area contributed by atoms with Gasteiger partial charge in [0.2, 0.25) is 0 Å². The highest BCUT2D eigenvalue weighted by Gasteiger charge is 2.62. The summed E-state index contributed by atoms with van der Waals surface area (Å²) in [5.74, 6) is -2.24. The van der Waals surface area contributed by atoms with E-state index in [-0.39, 0.29) is 72.1 Å². The zero-order valence-electron chi connectivity index (χ0n) is 31.2. The van der Waals surface area contributed by atoms with E-state index < -0.39 is 35.5 Å². The summed E-state index contributed by atoms with van der Waals surface area (Å²) >= 11 is 0. The molecule has 1 unspecified atom stereocenters. The van der Waals surface area contributed by atoms with Gasteiger partial charge in [-0.2, -0.15) is 0 Å². The van der Waals surface area contributed by atoms with E-state index in [0.29, 0.717) is 19.4 Å². The fourth-order valence-corrected chi connectivity index (χ4v) is 10.1. The number of hydrogen-bond acceptors (Lipinski definition) is 11. The van der Waals surface area contributed by atoms with Crippen LogP contribution in [0.3, 0.4) is 0 Å². The summed E-state index contributed by atoms with van der Waals surface area (Å²) in [5, 5.41) is 32.3. The van der Waals surface area contributed by atoms with Crippen LogP contribution in [0.4, 0.5) is 0 Å². The highest BCUT2D eigenvalue weighted by molar-refractivity contribution is 5.08. The first kappa shape index (κ1) is 38.8. The van der Waals surface area contributed by atoms with Crippen molar-refractivity contribution in [2.24, 2.45) is 35.5 Å². The molecular formula is C37H66O11. The predicted molar refractivity (Wildman–Crippen MR) is 178 cm³/mol. The molecule has 11 nitrogen and oxygen atoms in total. The molecule has 5 aliphatic rings. The highest BCUT2D eigenvalue weighted by atomic mass is 17.2. The molecule has 1 spiro atoms. The van der Waals surface area contributed by atoms with E-state index in [2.05, 4.69) is 41.5 Å². The van der Waals surface area contributed by atoms with E-state index >= 15 is 0 Å². The van der Waals surface area contributed by atoms with Crippen LogP contribution in [0.25, 0.3) is 0 Å². The molecule has 0 aliphatic carbocycles. The van der Waals surface area contributed by atoms with Gasteiger partial charge in [0, 0.05) is 43.6 Å². The zero-order chi connectivity index (χ0) is 35.2. The Morgan fingerprint density at radius 3 is 2.33 bits per heavy atom. The Morgan fingerprint density at radius 2 is 1.69 bits per heavy atom. The molecule has 5 heterocycles. The van der Waals surface area contributed by atoms with E-state index in [0.717, 1.165) is 38.5 Å². The molecule has 17 atom stereocenters. The molecule has 0 radical (unpaired) electrons. The average Bonchev–Trinajstić information content (AvgIpc) is 3.76. The Kier molecular flexibility index (Phi) is 12.0. The van der Waals surface area contributed by atoms with Crippen molar-refractivity contribution in [2.75, 3.05) is 27.4 Å². The van der Waals surface area contributed by atoms with E-state index in [1.807, 2.05) is 13.8 Å². The molecule has 0 aromatic carbocycles. The third kappa shape index (κ3) is 7.14. The van der Waals surface area contributed by atoms with Crippen LogP contribution in [0, 0.1) is 35.5 Å². The molecule has 48 heavy (non-hydrogen) atoms. The van der Waals surface area contributed by atoms with E-state index in [1.165, 1.54) is 7.11 Å². The number of aliphatic hydroxyl groups is 3. The van der Waals surface area contributed by atoms with Crippen LogP contribution in [0.5, 0.6) is 0 Å². The van der Waals surface area contributed by atoms with Crippen molar-refractivity contribution in [3.05, 3.63) is 0 Å². The lowest BCUT2D eigenvalue weighted by atomic mass is 9.78. The van der Waals surface area contributed by atoms with Crippen LogP contribution < -0.4 is 0 Å². The van der Waals surface area contributed by atoms with Crippen LogP contribution in [0.15, 0.2) is 0 Å². The topological polar surface area (TPSA) is 135 Å². The molecular weight excluding hydrogens is 620 g/mol. The van der Waals surface area contributed by atoms with Gasteiger partial charge in [0.15, 0.2) is 11.6 Å². The van der Waals surface area contributed by atoms with Gasteiger partial charge in [0.05, 0.1) is 74.3 Å². The fraction of sp³-hybridized carbons (Fsp3) is 1.00. The molecule has 5 fully saturated rings. The molecule has 0 aromatic heterocycles. The van der Waals surface area contributed by atoms with Crippen molar-refractivity contribution in [1.29, 1.82) is 0 Å². The molecule has 0 amide bonds. The molecule has 5 aliphatic heterocycles. The first-order valence-electron chi connectivity index (χ1n) is 18.7. The summed E-state index contributed by atoms with van der Waals surface area (Å²) in [6.07, 6.45) is 4.18. The van der Waals surface area contributed by atoms with Crippen molar-refractivity contribution < 1.29 is 53.5 Å². The Morgan fingerprint density at radius 1 is 0.958 bits per heavy atom. The van der Waals surface area contributed by atoms with E-state index in [4.69, 9.17) is 38.2 Å². The van der Waals surface area contributed by atoms with Gasteiger partial charge < -0.3 is 43.7 Å². The SMILES string of the molecule is CC[C@@]1([C@@H]2O[C@@H]([C@H]3O[C@@](O)(CO)[C@H](C)C[C@@H]3C)C[C@@H]2C)CC[C@H]([C@]2(C)CC[C@]3(C[C@H](O)C(C)[C@@H]([C@@H](C)[C@@H](OC)[C@H](C)COOC)O3)O2)O1. The first-order chi connectivity index (χ1) is 22.6. The lowest BCUT2D eigenvalue weighted by molar-refractivity contribution is -0.337. The second-order valence-electron chi connectivity index (χ2n) is 16.6. The second kappa shape index (κ2) is 14.9. The van der Waals surface area contributed by atoms with Crippen molar-refractivity contribution >= 4 is 0 Å². The summed E-state index contributed by atoms with van der Waals surface area (Å²) in [5.41, 5.74) is -1.05. The largest absolute Gasteiger partial charge is 0.393 e. The van der Waals surface area contributed by atoms with Crippen molar-refractivity contribution in [1.82, 2.24) is 0 Å². The molecule has 0 aromatic rings. The van der Waals surface area contributed by atoms with Crippen molar-refractivity contribution in [2.45, 2.75) is 172 Å². The molecule has 0 saturated carbocycles. The van der Waals surface area contributed by atoms with E-state index in [1.54, 1.807) is 7.11 Å². The second-order valence-corrected chi connectivity index (χ2v) is 16.6. The fourth-order valence-electron chi connectivity index (χ4n) is 10.1. The smallest absolute Gasteiger partial charge is 0.192 e. The van der Waals surface area contributed by atoms with Crippen molar-refractivity contribution in [3.63, 3.8) is 0 Å². The van der Waals surface area contributed by atoms with Gasteiger partial charge in [0.1, 0.15) is 0 Å². The maximum Gasteiger partial charge on any atom is 0.192 e. The third-order valence-corrected chi connectivity index (χ3v) is 13.2. The van der Waals surface area contributed by atoms with Crippen LogP contribution in [0.2, 0.25) is 0 Å². The quantitative estimate of drug-likeness (QED) is 0.194. The zero-order valence-corrected chi connectivity index (χ0v) is 31.2. The van der Waals surface area contributed by atoms with Gasteiger partial charge in [-0.25, -0.2) is 9.78 Å².